The molecule has 5 heteroatoms. The number of nitrogens with zero attached hydrogens (tertiary/aromatic N) is 2. The van der Waals surface area contributed by atoms with E-state index in [1.807, 2.05) is 20.0 Å². The summed E-state index contributed by atoms with van der Waals surface area (Å²) in [5.41, 5.74) is 1.20. The summed E-state index contributed by atoms with van der Waals surface area (Å²) >= 11 is 0. The van der Waals surface area contributed by atoms with Gasteiger partial charge in [0.2, 0.25) is 0 Å². The van der Waals surface area contributed by atoms with Crippen LogP contribution in [-0.2, 0) is 29.4 Å². The van der Waals surface area contributed by atoms with Gasteiger partial charge in [-0.15, -0.1) is 0 Å². The Kier molecular flexibility index (Phi) is 3.19. The van der Waals surface area contributed by atoms with Gasteiger partial charge >= 0.3 is 5.97 Å². The molecule has 1 aromatic rings. The van der Waals surface area contributed by atoms with E-state index in [0.29, 0.717) is 26.1 Å². The molecule has 1 N–H and O–H groups in total. The van der Waals surface area contributed by atoms with Crippen molar-refractivity contribution in [1.82, 2.24) is 9.78 Å². The van der Waals surface area contributed by atoms with Gasteiger partial charge in [-0.3, -0.25) is 9.48 Å². The maximum atomic E-state index is 11.4. The van der Waals surface area contributed by atoms with Crippen LogP contribution in [0.1, 0.15) is 24.7 Å². The van der Waals surface area contributed by atoms with Gasteiger partial charge in [-0.1, -0.05) is 6.92 Å². The van der Waals surface area contributed by atoms with Crippen molar-refractivity contribution >= 4 is 5.97 Å². The van der Waals surface area contributed by atoms with Crippen LogP contribution in [-0.4, -0.2) is 34.1 Å². The quantitative estimate of drug-likeness (QED) is 0.850. The summed E-state index contributed by atoms with van der Waals surface area (Å²) < 4.78 is 7.04. The minimum atomic E-state index is -0.769. The summed E-state index contributed by atoms with van der Waals surface area (Å²) in [4.78, 5) is 11.4. The van der Waals surface area contributed by atoms with Crippen molar-refractivity contribution in [1.29, 1.82) is 0 Å². The molecule has 1 aliphatic heterocycles. The zero-order valence-electron chi connectivity index (χ0n) is 10.3. The van der Waals surface area contributed by atoms with Crippen LogP contribution in [0.2, 0.25) is 0 Å². The fourth-order valence-electron chi connectivity index (χ4n) is 2.25. The summed E-state index contributed by atoms with van der Waals surface area (Å²) in [6.07, 6.45) is 1.94. The highest BCUT2D eigenvalue weighted by Gasteiger charge is 2.43. The van der Waals surface area contributed by atoms with Gasteiger partial charge in [0.15, 0.2) is 0 Å². The van der Waals surface area contributed by atoms with Crippen LogP contribution < -0.4 is 0 Å². The van der Waals surface area contributed by atoms with Crippen molar-refractivity contribution in [3.8, 4) is 0 Å². The Balaban J connectivity index is 2.23. The smallest absolute Gasteiger partial charge is 0.312 e. The van der Waals surface area contributed by atoms with Crippen molar-refractivity contribution in [2.24, 2.45) is 12.5 Å². The number of aromatic nitrogens is 2. The second kappa shape index (κ2) is 4.49. The van der Waals surface area contributed by atoms with Gasteiger partial charge < -0.3 is 9.84 Å². The number of carboxylic acid groups (broad SMARTS) is 1. The largest absolute Gasteiger partial charge is 0.481 e. The van der Waals surface area contributed by atoms with Crippen molar-refractivity contribution in [3.63, 3.8) is 0 Å². The zero-order chi connectivity index (χ0) is 12.5. The summed E-state index contributed by atoms with van der Waals surface area (Å²) in [5.74, 6) is -0.769. The lowest BCUT2D eigenvalue weighted by molar-refractivity contribution is -0.148. The molecule has 1 unspecified atom stereocenters. The number of hydrogen-bond donors (Lipinski definition) is 1. The van der Waals surface area contributed by atoms with Crippen LogP contribution in [0.3, 0.4) is 0 Å². The van der Waals surface area contributed by atoms with E-state index < -0.39 is 11.4 Å². The zero-order valence-corrected chi connectivity index (χ0v) is 10.3. The molecule has 2 rings (SSSR count). The highest BCUT2D eigenvalue weighted by molar-refractivity contribution is 5.75. The third kappa shape index (κ3) is 2.20. The topological polar surface area (TPSA) is 64.3 Å². The van der Waals surface area contributed by atoms with Crippen LogP contribution in [0.5, 0.6) is 0 Å². The molecule has 1 atom stereocenters. The maximum Gasteiger partial charge on any atom is 0.312 e. The van der Waals surface area contributed by atoms with Gasteiger partial charge in [0.25, 0.3) is 0 Å². The molecular weight excluding hydrogens is 220 g/mol. The number of carboxylic acids is 1. The molecule has 0 amide bonds. The van der Waals surface area contributed by atoms with E-state index in [9.17, 15) is 9.90 Å². The fourth-order valence-corrected chi connectivity index (χ4v) is 2.25. The molecule has 0 radical (unpaired) electrons. The third-order valence-corrected chi connectivity index (χ3v) is 3.47. The summed E-state index contributed by atoms with van der Waals surface area (Å²) in [5, 5.41) is 13.7. The van der Waals surface area contributed by atoms with Gasteiger partial charge in [0.1, 0.15) is 0 Å². The lowest BCUT2D eigenvalue weighted by atomic mass is 9.82. The Labute approximate surface area is 100 Å². The van der Waals surface area contributed by atoms with Crippen LogP contribution in [0.25, 0.3) is 0 Å². The second-order valence-corrected chi connectivity index (χ2v) is 4.67. The van der Waals surface area contributed by atoms with Crippen LogP contribution in [0, 0.1) is 5.41 Å². The van der Waals surface area contributed by atoms with E-state index in [-0.39, 0.29) is 0 Å². The first-order valence-electron chi connectivity index (χ1n) is 5.90. The fraction of sp³-hybridized carbons (Fsp3) is 0.667. The van der Waals surface area contributed by atoms with Crippen molar-refractivity contribution < 1.29 is 14.6 Å². The van der Waals surface area contributed by atoms with Crippen LogP contribution >= 0.6 is 0 Å². The first-order valence-corrected chi connectivity index (χ1v) is 5.90. The lowest BCUT2D eigenvalue weighted by Crippen LogP contribution is -2.34. The van der Waals surface area contributed by atoms with Crippen molar-refractivity contribution in [2.45, 2.75) is 26.2 Å². The summed E-state index contributed by atoms with van der Waals surface area (Å²) in [7, 11) is 1.86. The van der Waals surface area contributed by atoms with Crippen molar-refractivity contribution in [2.75, 3.05) is 13.2 Å². The second-order valence-electron chi connectivity index (χ2n) is 4.67. The maximum absolute atomic E-state index is 11.4. The SMILES string of the molecule is CCc1cc(CC2(C(=O)O)CCOC2)n(C)n1. The average molecular weight is 238 g/mol. The first kappa shape index (κ1) is 12.1. The van der Waals surface area contributed by atoms with E-state index in [1.165, 1.54) is 0 Å². The molecule has 0 aromatic carbocycles. The van der Waals surface area contributed by atoms with E-state index >= 15 is 0 Å². The molecule has 1 aromatic heterocycles. The van der Waals surface area contributed by atoms with Crippen LogP contribution in [0.4, 0.5) is 0 Å². The molecule has 0 bridgehead atoms. The molecule has 1 saturated heterocycles. The number of rotatable bonds is 4. The molecule has 94 valence electrons. The summed E-state index contributed by atoms with van der Waals surface area (Å²) in [6.45, 7) is 2.87. The van der Waals surface area contributed by atoms with Gasteiger partial charge in [-0.2, -0.15) is 5.10 Å². The van der Waals surface area contributed by atoms with Gasteiger partial charge in [-0.05, 0) is 18.9 Å². The Morgan fingerprint density at radius 1 is 1.71 bits per heavy atom. The Hall–Kier alpha value is -1.36. The molecule has 0 aliphatic carbocycles. The monoisotopic (exact) mass is 238 g/mol. The number of ether oxygens (including phenoxy) is 1. The standard InChI is InChI=1S/C12H18N2O3/c1-3-9-6-10(14(2)13-9)7-12(11(15)16)4-5-17-8-12/h6H,3-5,7-8H2,1-2H3,(H,15,16). The third-order valence-electron chi connectivity index (χ3n) is 3.47. The van der Waals surface area contributed by atoms with Gasteiger partial charge in [0, 0.05) is 25.8 Å². The van der Waals surface area contributed by atoms with E-state index in [0.717, 1.165) is 17.8 Å². The average Bonchev–Trinajstić information content (AvgIpc) is 2.88. The highest BCUT2D eigenvalue weighted by atomic mass is 16.5. The van der Waals surface area contributed by atoms with Crippen LogP contribution in [0.15, 0.2) is 6.07 Å². The van der Waals surface area contributed by atoms with E-state index in [4.69, 9.17) is 4.74 Å². The Morgan fingerprint density at radius 2 is 2.47 bits per heavy atom. The highest BCUT2D eigenvalue weighted by Crippen LogP contribution is 2.33. The molecule has 1 aliphatic rings. The minimum Gasteiger partial charge on any atom is -0.481 e. The molecule has 0 spiro atoms. The molecule has 5 nitrogen and oxygen atoms in total. The van der Waals surface area contributed by atoms with Gasteiger partial charge in [-0.25, -0.2) is 0 Å². The molecule has 17 heavy (non-hydrogen) atoms. The predicted molar refractivity (Wildman–Crippen MR) is 61.8 cm³/mol. The first-order chi connectivity index (χ1) is 8.07. The Bertz CT molecular complexity index is 419. The summed E-state index contributed by atoms with van der Waals surface area (Å²) in [6, 6.07) is 1.99. The van der Waals surface area contributed by atoms with Gasteiger partial charge in [0.05, 0.1) is 17.7 Å². The molecular formula is C12H18N2O3. The number of carbonyl (C=O) groups is 1. The molecule has 2 heterocycles. The molecule has 1 fully saturated rings. The normalized spacial score (nSPS) is 24.1. The van der Waals surface area contributed by atoms with E-state index in [1.54, 1.807) is 4.68 Å². The Morgan fingerprint density at radius 3 is 2.94 bits per heavy atom. The van der Waals surface area contributed by atoms with E-state index in [2.05, 4.69) is 5.10 Å². The minimum absolute atomic E-state index is 0.301. The predicted octanol–water partition coefficient (Wildman–Crippen LogP) is 1.02. The number of hydrogen-bond acceptors (Lipinski definition) is 3. The lowest BCUT2D eigenvalue weighted by Gasteiger charge is -2.21. The van der Waals surface area contributed by atoms with Crippen molar-refractivity contribution in [3.05, 3.63) is 17.5 Å². The molecule has 0 saturated carbocycles. The number of aryl methyl sites for hydroxylation is 2. The number of aliphatic carboxylic acids is 1.